The second-order valence-corrected chi connectivity index (χ2v) is 5.57. The van der Waals surface area contributed by atoms with Crippen LogP contribution in [0.3, 0.4) is 0 Å². The van der Waals surface area contributed by atoms with E-state index < -0.39 is 5.97 Å². The Hall–Kier alpha value is -1.86. The van der Waals surface area contributed by atoms with Gasteiger partial charge in [0.15, 0.2) is 0 Å². The van der Waals surface area contributed by atoms with E-state index in [0.717, 1.165) is 38.0 Å². The lowest BCUT2D eigenvalue weighted by molar-refractivity contribution is -0.138. The van der Waals surface area contributed by atoms with Gasteiger partial charge in [-0.1, -0.05) is 6.07 Å². The van der Waals surface area contributed by atoms with Gasteiger partial charge >= 0.3 is 5.97 Å². The minimum Gasteiger partial charge on any atom is -0.481 e. The van der Waals surface area contributed by atoms with E-state index in [1.807, 2.05) is 25.1 Å². The average Bonchev–Trinajstić information content (AvgIpc) is 2.42. The van der Waals surface area contributed by atoms with Crippen molar-refractivity contribution in [3.63, 3.8) is 0 Å². The molecule has 1 aromatic rings. The Labute approximate surface area is 119 Å². The molecule has 0 amide bonds. The monoisotopic (exact) mass is 272 g/mol. The first-order valence-corrected chi connectivity index (χ1v) is 7.02. The van der Waals surface area contributed by atoms with Crippen molar-refractivity contribution in [1.29, 1.82) is 5.26 Å². The summed E-state index contributed by atoms with van der Waals surface area (Å²) in [7, 11) is 0. The number of hydrogen-bond acceptors (Lipinski definition) is 3. The Bertz CT molecular complexity index is 526. The molecule has 20 heavy (non-hydrogen) atoms. The summed E-state index contributed by atoms with van der Waals surface area (Å²) in [4.78, 5) is 13.1. The van der Waals surface area contributed by atoms with Crippen LogP contribution in [0.15, 0.2) is 18.2 Å². The molecule has 2 rings (SSSR count). The molecular formula is C16H20N2O2. The van der Waals surface area contributed by atoms with Gasteiger partial charge in [0.1, 0.15) is 0 Å². The predicted molar refractivity (Wildman–Crippen MR) is 76.1 cm³/mol. The molecular weight excluding hydrogens is 252 g/mol. The normalized spacial score (nSPS) is 16.8. The van der Waals surface area contributed by atoms with Crippen molar-refractivity contribution < 1.29 is 9.90 Å². The van der Waals surface area contributed by atoms with Gasteiger partial charge in [-0.25, -0.2) is 0 Å². The highest BCUT2D eigenvalue weighted by Crippen LogP contribution is 2.22. The Morgan fingerprint density at radius 3 is 2.70 bits per heavy atom. The van der Waals surface area contributed by atoms with Crippen LogP contribution in [-0.4, -0.2) is 29.1 Å². The van der Waals surface area contributed by atoms with E-state index in [4.69, 9.17) is 10.4 Å². The Kier molecular flexibility index (Phi) is 4.75. The van der Waals surface area contributed by atoms with E-state index >= 15 is 0 Å². The molecule has 1 aromatic carbocycles. The van der Waals surface area contributed by atoms with Gasteiger partial charge in [0.05, 0.1) is 11.6 Å². The van der Waals surface area contributed by atoms with Crippen molar-refractivity contribution >= 4 is 5.97 Å². The number of nitriles is 1. The molecule has 0 aromatic heterocycles. The summed E-state index contributed by atoms with van der Waals surface area (Å²) in [6, 6.07) is 7.96. The van der Waals surface area contributed by atoms with E-state index in [2.05, 4.69) is 11.0 Å². The Morgan fingerprint density at radius 1 is 1.45 bits per heavy atom. The molecule has 1 fully saturated rings. The van der Waals surface area contributed by atoms with Crippen molar-refractivity contribution in [2.24, 2.45) is 5.92 Å². The number of likely N-dealkylation sites (tertiary alicyclic amines) is 1. The van der Waals surface area contributed by atoms with Crippen molar-refractivity contribution in [3.05, 3.63) is 34.9 Å². The number of aryl methyl sites for hydroxylation is 1. The summed E-state index contributed by atoms with van der Waals surface area (Å²) in [6.45, 7) is 4.83. The van der Waals surface area contributed by atoms with Crippen molar-refractivity contribution in [3.8, 4) is 6.07 Å². The maximum Gasteiger partial charge on any atom is 0.303 e. The zero-order chi connectivity index (χ0) is 14.5. The maximum atomic E-state index is 10.7. The molecule has 0 aliphatic carbocycles. The minimum atomic E-state index is -0.689. The third-order valence-electron chi connectivity index (χ3n) is 4.04. The SMILES string of the molecule is Cc1cc(C#N)ccc1CN1CCC(CC(=O)O)CC1. The van der Waals surface area contributed by atoms with E-state index in [1.54, 1.807) is 0 Å². The first-order valence-electron chi connectivity index (χ1n) is 7.02. The van der Waals surface area contributed by atoms with Crippen LogP contribution in [0.2, 0.25) is 0 Å². The van der Waals surface area contributed by atoms with Crippen LogP contribution < -0.4 is 0 Å². The minimum absolute atomic E-state index is 0.295. The standard InChI is InChI=1S/C16H20N2O2/c1-12-8-14(10-17)2-3-15(12)11-18-6-4-13(5-7-18)9-16(19)20/h2-3,8,13H,4-7,9,11H2,1H3,(H,19,20). The van der Waals surface area contributed by atoms with Crippen LogP contribution >= 0.6 is 0 Å². The molecule has 0 spiro atoms. The number of piperidine rings is 1. The summed E-state index contributed by atoms with van der Waals surface area (Å²) in [6.07, 6.45) is 2.22. The molecule has 1 N–H and O–H groups in total. The van der Waals surface area contributed by atoms with E-state index in [1.165, 1.54) is 5.56 Å². The van der Waals surface area contributed by atoms with Crippen LogP contribution in [0.1, 0.15) is 36.0 Å². The third-order valence-corrected chi connectivity index (χ3v) is 4.04. The zero-order valence-electron chi connectivity index (χ0n) is 11.8. The van der Waals surface area contributed by atoms with Crippen molar-refractivity contribution in [2.75, 3.05) is 13.1 Å². The molecule has 1 aliphatic heterocycles. The number of nitrogens with zero attached hydrogens (tertiary/aromatic N) is 2. The number of rotatable bonds is 4. The molecule has 4 nitrogen and oxygen atoms in total. The molecule has 0 unspecified atom stereocenters. The van der Waals surface area contributed by atoms with Crippen LogP contribution in [0, 0.1) is 24.2 Å². The first kappa shape index (κ1) is 14.5. The molecule has 1 aliphatic rings. The highest BCUT2D eigenvalue weighted by molar-refractivity contribution is 5.67. The molecule has 4 heteroatoms. The molecule has 0 bridgehead atoms. The number of aliphatic carboxylic acids is 1. The lowest BCUT2D eigenvalue weighted by Crippen LogP contribution is -2.34. The fourth-order valence-electron chi connectivity index (χ4n) is 2.78. The smallest absolute Gasteiger partial charge is 0.303 e. The van der Waals surface area contributed by atoms with Gasteiger partial charge in [0, 0.05) is 13.0 Å². The number of carboxylic acid groups (broad SMARTS) is 1. The third kappa shape index (κ3) is 3.82. The average molecular weight is 272 g/mol. The topological polar surface area (TPSA) is 64.3 Å². The molecule has 0 radical (unpaired) electrons. The molecule has 0 atom stereocenters. The van der Waals surface area contributed by atoms with Crippen LogP contribution in [0.5, 0.6) is 0 Å². The van der Waals surface area contributed by atoms with Gasteiger partial charge in [0.25, 0.3) is 0 Å². The van der Waals surface area contributed by atoms with Crippen molar-refractivity contribution in [2.45, 2.75) is 32.7 Å². The second-order valence-electron chi connectivity index (χ2n) is 5.57. The molecule has 106 valence electrons. The fraction of sp³-hybridized carbons (Fsp3) is 0.500. The van der Waals surface area contributed by atoms with Crippen LogP contribution in [0.4, 0.5) is 0 Å². The van der Waals surface area contributed by atoms with Crippen molar-refractivity contribution in [1.82, 2.24) is 4.90 Å². The molecule has 0 saturated carbocycles. The summed E-state index contributed by atoms with van der Waals surface area (Å²) in [5, 5.41) is 17.7. The fourth-order valence-corrected chi connectivity index (χ4v) is 2.78. The Balaban J connectivity index is 1.90. The highest BCUT2D eigenvalue weighted by Gasteiger charge is 2.21. The van der Waals surface area contributed by atoms with Gasteiger partial charge < -0.3 is 5.11 Å². The molecule has 1 heterocycles. The lowest BCUT2D eigenvalue weighted by atomic mass is 9.93. The Morgan fingerprint density at radius 2 is 2.15 bits per heavy atom. The predicted octanol–water partition coefficient (Wildman–Crippen LogP) is 2.55. The van der Waals surface area contributed by atoms with E-state index in [0.29, 0.717) is 17.9 Å². The zero-order valence-corrected chi connectivity index (χ0v) is 11.8. The van der Waals surface area contributed by atoms with Gasteiger partial charge in [-0.3, -0.25) is 9.69 Å². The van der Waals surface area contributed by atoms with Gasteiger partial charge in [0.2, 0.25) is 0 Å². The largest absolute Gasteiger partial charge is 0.481 e. The van der Waals surface area contributed by atoms with E-state index in [-0.39, 0.29) is 0 Å². The summed E-state index contributed by atoms with van der Waals surface area (Å²) in [5.41, 5.74) is 3.10. The number of carboxylic acids is 1. The van der Waals surface area contributed by atoms with Gasteiger partial charge in [-0.2, -0.15) is 5.26 Å². The maximum absolute atomic E-state index is 10.7. The second kappa shape index (κ2) is 6.53. The quantitative estimate of drug-likeness (QED) is 0.915. The highest BCUT2D eigenvalue weighted by atomic mass is 16.4. The van der Waals surface area contributed by atoms with Gasteiger partial charge in [-0.15, -0.1) is 0 Å². The number of carbonyl (C=O) groups is 1. The summed E-state index contributed by atoms with van der Waals surface area (Å²) < 4.78 is 0. The van der Waals surface area contributed by atoms with Crippen LogP contribution in [-0.2, 0) is 11.3 Å². The van der Waals surface area contributed by atoms with Gasteiger partial charge in [-0.05, 0) is 62.0 Å². The lowest BCUT2D eigenvalue weighted by Gasteiger charge is -2.31. The number of benzene rings is 1. The van der Waals surface area contributed by atoms with Crippen LogP contribution in [0.25, 0.3) is 0 Å². The first-order chi connectivity index (χ1) is 9.58. The summed E-state index contributed by atoms with van der Waals surface area (Å²) >= 11 is 0. The number of hydrogen-bond donors (Lipinski definition) is 1. The molecule has 1 saturated heterocycles. The summed E-state index contributed by atoms with van der Waals surface area (Å²) in [5.74, 6) is -0.364. The van der Waals surface area contributed by atoms with E-state index in [9.17, 15) is 4.79 Å².